The summed E-state index contributed by atoms with van der Waals surface area (Å²) >= 11 is 0. The number of piperidine rings is 1. The molecule has 7 heteroatoms. The van der Waals surface area contributed by atoms with Crippen LogP contribution in [-0.2, 0) is 9.84 Å². The van der Waals surface area contributed by atoms with Crippen molar-refractivity contribution >= 4 is 9.84 Å². The van der Waals surface area contributed by atoms with Gasteiger partial charge in [-0.2, -0.15) is 0 Å². The van der Waals surface area contributed by atoms with Gasteiger partial charge in [-0.1, -0.05) is 24.3 Å². The van der Waals surface area contributed by atoms with Crippen molar-refractivity contribution in [1.82, 2.24) is 5.32 Å². The zero-order valence-corrected chi connectivity index (χ0v) is 15.0. The number of halogens is 1. The van der Waals surface area contributed by atoms with Crippen LogP contribution in [0.15, 0.2) is 47.4 Å². The van der Waals surface area contributed by atoms with Crippen LogP contribution in [-0.4, -0.2) is 40.2 Å². The van der Waals surface area contributed by atoms with Gasteiger partial charge < -0.3 is 14.8 Å². The molecule has 26 heavy (non-hydrogen) atoms. The normalized spacial score (nSPS) is 23.9. The molecule has 2 unspecified atom stereocenters. The third-order valence-electron chi connectivity index (χ3n) is 4.84. The summed E-state index contributed by atoms with van der Waals surface area (Å²) in [6.07, 6.45) is -0.164. The summed E-state index contributed by atoms with van der Waals surface area (Å²) in [5, 5.41) is 3.04. The van der Waals surface area contributed by atoms with Crippen LogP contribution < -0.4 is 14.8 Å². The van der Waals surface area contributed by atoms with Crippen LogP contribution >= 0.6 is 0 Å². The number of fused-ring (bicyclic) bond motifs is 1. The first kappa shape index (κ1) is 17.3. The summed E-state index contributed by atoms with van der Waals surface area (Å²) in [7, 11) is -3.35. The molecule has 138 valence electrons. The Morgan fingerprint density at radius 3 is 2.92 bits per heavy atom. The fourth-order valence-electron chi connectivity index (χ4n) is 3.34. The van der Waals surface area contributed by atoms with Gasteiger partial charge in [-0.25, -0.2) is 12.8 Å². The molecular weight excluding hydrogens is 357 g/mol. The molecule has 1 N–H and O–H groups in total. The summed E-state index contributed by atoms with van der Waals surface area (Å²) in [6.45, 7) is 1.48. The first-order chi connectivity index (χ1) is 12.5. The highest BCUT2D eigenvalue weighted by atomic mass is 32.2. The molecule has 2 aromatic rings. The van der Waals surface area contributed by atoms with Gasteiger partial charge in [-0.15, -0.1) is 0 Å². The maximum Gasteiger partial charge on any atom is 0.216 e. The van der Waals surface area contributed by atoms with Crippen LogP contribution in [0.3, 0.4) is 0 Å². The molecule has 0 saturated carbocycles. The summed E-state index contributed by atoms with van der Waals surface area (Å²) in [6, 6.07) is 12.5. The first-order valence-corrected chi connectivity index (χ1v) is 10.3. The fourth-order valence-corrected chi connectivity index (χ4v) is 4.45. The minimum absolute atomic E-state index is 0.127. The smallest absolute Gasteiger partial charge is 0.216 e. The Kier molecular flexibility index (Phi) is 4.58. The SMILES string of the molecule is O=S1(=O)COc2cc(-c3ccccc3OCC3CCNCC3F)ccc21. The van der Waals surface area contributed by atoms with E-state index < -0.39 is 16.0 Å². The largest absolute Gasteiger partial charge is 0.493 e. The van der Waals surface area contributed by atoms with Crippen molar-refractivity contribution in [2.75, 3.05) is 25.6 Å². The lowest BCUT2D eigenvalue weighted by Gasteiger charge is -2.27. The average Bonchev–Trinajstić information content (AvgIpc) is 2.96. The van der Waals surface area contributed by atoms with Crippen molar-refractivity contribution in [2.24, 2.45) is 5.92 Å². The monoisotopic (exact) mass is 377 g/mol. The van der Waals surface area contributed by atoms with Gasteiger partial charge in [0.25, 0.3) is 0 Å². The van der Waals surface area contributed by atoms with Crippen molar-refractivity contribution in [2.45, 2.75) is 17.5 Å². The van der Waals surface area contributed by atoms with E-state index in [2.05, 4.69) is 5.32 Å². The second-order valence-corrected chi connectivity index (χ2v) is 8.52. The van der Waals surface area contributed by atoms with Gasteiger partial charge in [-0.05, 0) is 36.7 Å². The lowest BCUT2D eigenvalue weighted by atomic mass is 9.97. The molecule has 0 radical (unpaired) electrons. The minimum Gasteiger partial charge on any atom is -0.493 e. The standard InChI is InChI=1S/C19H20FNO4S/c20-16-10-21-8-7-14(16)11-24-17-4-2-1-3-15(17)13-5-6-19-18(9-13)25-12-26(19,22)23/h1-6,9,14,16,21H,7-8,10-12H2. The molecule has 0 spiro atoms. The topological polar surface area (TPSA) is 64.6 Å². The number of ether oxygens (including phenoxy) is 2. The molecule has 5 nitrogen and oxygen atoms in total. The molecule has 0 bridgehead atoms. The molecule has 1 fully saturated rings. The predicted molar refractivity (Wildman–Crippen MR) is 95.9 cm³/mol. The molecule has 2 heterocycles. The van der Waals surface area contributed by atoms with Gasteiger partial charge in [0.05, 0.1) is 6.61 Å². The Morgan fingerprint density at radius 1 is 1.23 bits per heavy atom. The van der Waals surface area contributed by atoms with Crippen LogP contribution in [0.1, 0.15) is 6.42 Å². The van der Waals surface area contributed by atoms with Crippen LogP contribution in [0.5, 0.6) is 11.5 Å². The number of rotatable bonds is 4. The molecule has 4 rings (SSSR count). The zero-order valence-electron chi connectivity index (χ0n) is 14.2. The molecular formula is C19H20FNO4S. The minimum atomic E-state index is -3.35. The number of sulfone groups is 1. The van der Waals surface area contributed by atoms with E-state index in [0.717, 1.165) is 24.1 Å². The molecule has 0 aliphatic carbocycles. The molecule has 2 atom stereocenters. The van der Waals surface area contributed by atoms with E-state index in [1.54, 1.807) is 18.2 Å². The third-order valence-corrected chi connectivity index (χ3v) is 6.28. The van der Waals surface area contributed by atoms with Crippen LogP contribution in [0.4, 0.5) is 4.39 Å². The highest BCUT2D eigenvalue weighted by Crippen LogP contribution is 2.38. The zero-order chi connectivity index (χ0) is 18.1. The molecule has 0 amide bonds. The molecule has 2 aliphatic heterocycles. The van der Waals surface area contributed by atoms with Gasteiger partial charge in [0.15, 0.2) is 5.94 Å². The van der Waals surface area contributed by atoms with Crippen LogP contribution in [0, 0.1) is 5.92 Å². The van der Waals surface area contributed by atoms with Gasteiger partial charge in [0.1, 0.15) is 22.6 Å². The number of benzene rings is 2. The van der Waals surface area contributed by atoms with Crippen molar-refractivity contribution < 1.29 is 22.3 Å². The van der Waals surface area contributed by atoms with E-state index in [-0.39, 0.29) is 16.8 Å². The number of hydrogen-bond acceptors (Lipinski definition) is 5. The summed E-state index contributed by atoms with van der Waals surface area (Å²) < 4.78 is 49.0. The van der Waals surface area contributed by atoms with Crippen LogP contribution in [0.25, 0.3) is 11.1 Å². The quantitative estimate of drug-likeness (QED) is 0.888. The van der Waals surface area contributed by atoms with Crippen LogP contribution in [0.2, 0.25) is 0 Å². The van der Waals surface area contributed by atoms with Crippen molar-refractivity contribution in [3.63, 3.8) is 0 Å². The Balaban J connectivity index is 1.58. The Bertz CT molecular complexity index is 916. The van der Waals surface area contributed by atoms with Gasteiger partial charge in [-0.3, -0.25) is 0 Å². The van der Waals surface area contributed by atoms with E-state index in [0.29, 0.717) is 24.7 Å². The van der Waals surface area contributed by atoms with E-state index in [4.69, 9.17) is 9.47 Å². The van der Waals surface area contributed by atoms with Crippen molar-refractivity contribution in [3.8, 4) is 22.6 Å². The molecule has 2 aromatic carbocycles. The third kappa shape index (κ3) is 3.29. The van der Waals surface area contributed by atoms with Gasteiger partial charge >= 0.3 is 0 Å². The van der Waals surface area contributed by atoms with E-state index in [1.165, 1.54) is 0 Å². The molecule has 0 aromatic heterocycles. The Morgan fingerprint density at radius 2 is 2.08 bits per heavy atom. The number of hydrogen-bond donors (Lipinski definition) is 1. The van der Waals surface area contributed by atoms with E-state index in [1.807, 2.05) is 24.3 Å². The second-order valence-electron chi connectivity index (χ2n) is 6.61. The lowest BCUT2D eigenvalue weighted by Crippen LogP contribution is -2.40. The fraction of sp³-hybridized carbons (Fsp3) is 0.368. The highest BCUT2D eigenvalue weighted by Gasteiger charge is 2.29. The van der Waals surface area contributed by atoms with Crippen molar-refractivity contribution in [1.29, 1.82) is 0 Å². The average molecular weight is 377 g/mol. The molecule has 2 aliphatic rings. The first-order valence-electron chi connectivity index (χ1n) is 8.61. The second kappa shape index (κ2) is 6.89. The van der Waals surface area contributed by atoms with Gasteiger partial charge in [0.2, 0.25) is 9.84 Å². The summed E-state index contributed by atoms with van der Waals surface area (Å²) in [4.78, 5) is 0.217. The number of alkyl halides is 1. The highest BCUT2D eigenvalue weighted by molar-refractivity contribution is 7.91. The number of para-hydroxylation sites is 1. The number of nitrogens with one attached hydrogen (secondary N) is 1. The molecule has 1 saturated heterocycles. The maximum atomic E-state index is 14.0. The predicted octanol–water partition coefficient (Wildman–Crippen LogP) is 2.80. The van der Waals surface area contributed by atoms with E-state index in [9.17, 15) is 12.8 Å². The van der Waals surface area contributed by atoms with E-state index >= 15 is 0 Å². The van der Waals surface area contributed by atoms with Gasteiger partial charge in [0, 0.05) is 18.0 Å². The van der Waals surface area contributed by atoms with Crippen molar-refractivity contribution in [3.05, 3.63) is 42.5 Å². The maximum absolute atomic E-state index is 14.0. The summed E-state index contributed by atoms with van der Waals surface area (Å²) in [5.41, 5.74) is 1.63. The lowest BCUT2D eigenvalue weighted by molar-refractivity contribution is 0.122. The Labute approximate surface area is 152 Å². The summed E-state index contributed by atoms with van der Waals surface area (Å²) in [5.74, 6) is 0.564. The Hall–Kier alpha value is -2.12.